The van der Waals surface area contributed by atoms with Crippen LogP contribution < -0.4 is 0 Å². The number of carboxylic acids is 1. The van der Waals surface area contributed by atoms with Crippen LogP contribution >= 0.6 is 0 Å². The van der Waals surface area contributed by atoms with Crippen LogP contribution in [-0.2, 0) is 17.9 Å². The number of carbonyl (C=O) groups is 1. The van der Waals surface area contributed by atoms with E-state index in [-0.39, 0.29) is 12.5 Å². The Morgan fingerprint density at radius 3 is 2.71 bits per heavy atom. The van der Waals surface area contributed by atoms with Crippen LogP contribution in [0.4, 0.5) is 0 Å². The van der Waals surface area contributed by atoms with Crippen molar-refractivity contribution in [2.24, 2.45) is 0 Å². The zero-order chi connectivity index (χ0) is 17.1. The van der Waals surface area contributed by atoms with E-state index >= 15 is 0 Å². The molecule has 0 spiro atoms. The summed E-state index contributed by atoms with van der Waals surface area (Å²) in [5, 5.41) is 13.8. The molecule has 3 rings (SSSR count). The number of nitrogens with zero attached hydrogens (tertiary/aromatic N) is 3. The van der Waals surface area contributed by atoms with Crippen molar-refractivity contribution < 1.29 is 9.90 Å². The van der Waals surface area contributed by atoms with Crippen molar-refractivity contribution in [3.05, 3.63) is 52.8 Å². The van der Waals surface area contributed by atoms with Crippen molar-refractivity contribution in [2.45, 2.75) is 52.2 Å². The second-order valence-corrected chi connectivity index (χ2v) is 6.66. The molecule has 2 aromatic rings. The Bertz CT molecular complexity index is 709. The Balaban J connectivity index is 1.75. The molecule has 1 aliphatic rings. The van der Waals surface area contributed by atoms with E-state index < -0.39 is 5.97 Å². The molecule has 5 heteroatoms. The first kappa shape index (κ1) is 16.7. The molecule has 128 valence electrons. The first-order chi connectivity index (χ1) is 11.5. The van der Waals surface area contributed by atoms with E-state index in [1.54, 1.807) is 0 Å². The fraction of sp³-hybridized carbons (Fsp3) is 0.474. The highest BCUT2D eigenvalue weighted by Crippen LogP contribution is 2.25. The minimum absolute atomic E-state index is 0.152. The number of aryl methyl sites for hydroxylation is 1. The van der Waals surface area contributed by atoms with E-state index in [4.69, 9.17) is 10.2 Å². The van der Waals surface area contributed by atoms with E-state index in [1.807, 2.05) is 25.1 Å². The third-order valence-electron chi connectivity index (χ3n) is 4.98. The van der Waals surface area contributed by atoms with Gasteiger partial charge in [-0.15, -0.1) is 0 Å². The summed E-state index contributed by atoms with van der Waals surface area (Å²) in [4.78, 5) is 13.4. The van der Waals surface area contributed by atoms with Gasteiger partial charge in [0, 0.05) is 23.8 Å². The molecule has 1 N–H and O–H groups in total. The van der Waals surface area contributed by atoms with E-state index in [2.05, 4.69) is 28.6 Å². The lowest BCUT2D eigenvalue weighted by molar-refractivity contribution is -0.138. The fourth-order valence-corrected chi connectivity index (χ4v) is 3.61. The number of carboxylic acid groups (broad SMARTS) is 1. The highest BCUT2D eigenvalue weighted by Gasteiger charge is 2.28. The Kier molecular flexibility index (Phi) is 5.00. The largest absolute Gasteiger partial charge is 0.481 e. The molecule has 0 aliphatic carbocycles. The summed E-state index contributed by atoms with van der Waals surface area (Å²) >= 11 is 0. The summed E-state index contributed by atoms with van der Waals surface area (Å²) < 4.78 is 2.06. The van der Waals surface area contributed by atoms with Gasteiger partial charge in [-0.1, -0.05) is 30.3 Å². The Morgan fingerprint density at radius 2 is 2.00 bits per heavy atom. The number of hydrogen-bond donors (Lipinski definition) is 1. The van der Waals surface area contributed by atoms with Crippen molar-refractivity contribution in [3.8, 4) is 0 Å². The highest BCUT2D eigenvalue weighted by molar-refractivity contribution is 5.67. The topological polar surface area (TPSA) is 58.4 Å². The maximum Gasteiger partial charge on any atom is 0.304 e. The van der Waals surface area contributed by atoms with Crippen molar-refractivity contribution >= 4 is 5.97 Å². The first-order valence-electron chi connectivity index (χ1n) is 8.57. The van der Waals surface area contributed by atoms with Gasteiger partial charge in [-0.25, -0.2) is 0 Å². The van der Waals surface area contributed by atoms with Crippen LogP contribution in [0.1, 0.15) is 41.8 Å². The molecular weight excluding hydrogens is 302 g/mol. The van der Waals surface area contributed by atoms with Gasteiger partial charge in [0.2, 0.25) is 0 Å². The van der Waals surface area contributed by atoms with E-state index in [9.17, 15) is 4.79 Å². The molecule has 1 atom stereocenters. The van der Waals surface area contributed by atoms with Crippen LogP contribution in [0.25, 0.3) is 0 Å². The van der Waals surface area contributed by atoms with Gasteiger partial charge >= 0.3 is 5.97 Å². The van der Waals surface area contributed by atoms with Gasteiger partial charge in [0.1, 0.15) is 0 Å². The average molecular weight is 327 g/mol. The predicted molar refractivity (Wildman–Crippen MR) is 92.9 cm³/mol. The Morgan fingerprint density at radius 1 is 1.25 bits per heavy atom. The average Bonchev–Trinajstić information content (AvgIpc) is 3.08. The Labute approximate surface area is 142 Å². The minimum Gasteiger partial charge on any atom is -0.481 e. The maximum absolute atomic E-state index is 11.1. The molecule has 1 aliphatic heterocycles. The monoisotopic (exact) mass is 327 g/mol. The normalized spacial score (nSPS) is 18.2. The molecule has 1 saturated heterocycles. The summed E-state index contributed by atoms with van der Waals surface area (Å²) in [6.45, 7) is 6.70. The summed E-state index contributed by atoms with van der Waals surface area (Å²) in [6.07, 6.45) is 2.28. The lowest BCUT2D eigenvalue weighted by Crippen LogP contribution is -2.31. The number of rotatable bonds is 6. The summed E-state index contributed by atoms with van der Waals surface area (Å²) in [5.41, 5.74) is 4.70. The standard InChI is InChI=1S/C19H25N3O2/c1-14-18(13-21-10-6-9-17(21)11-19(23)24)15(2)22(20-14)12-16-7-4-3-5-8-16/h3-5,7-8,17H,6,9-13H2,1-2H3,(H,23,24). The molecule has 5 nitrogen and oxygen atoms in total. The molecular formula is C19H25N3O2. The number of aliphatic carboxylic acids is 1. The third-order valence-corrected chi connectivity index (χ3v) is 4.98. The molecule has 0 bridgehead atoms. The van der Waals surface area contributed by atoms with Crippen molar-refractivity contribution in [3.63, 3.8) is 0 Å². The van der Waals surface area contributed by atoms with Crippen LogP contribution in [0.3, 0.4) is 0 Å². The van der Waals surface area contributed by atoms with Gasteiger partial charge in [-0.3, -0.25) is 14.4 Å². The predicted octanol–water partition coefficient (Wildman–Crippen LogP) is 2.99. The molecule has 1 unspecified atom stereocenters. The van der Waals surface area contributed by atoms with Crippen LogP contribution in [0.15, 0.2) is 30.3 Å². The fourth-order valence-electron chi connectivity index (χ4n) is 3.61. The quantitative estimate of drug-likeness (QED) is 0.886. The van der Waals surface area contributed by atoms with Crippen LogP contribution in [0, 0.1) is 13.8 Å². The van der Waals surface area contributed by atoms with Gasteiger partial charge < -0.3 is 5.11 Å². The SMILES string of the molecule is Cc1nn(Cc2ccccc2)c(C)c1CN1CCCC1CC(=O)O. The summed E-state index contributed by atoms with van der Waals surface area (Å²) in [6, 6.07) is 10.5. The minimum atomic E-state index is -0.708. The molecule has 1 aromatic carbocycles. The summed E-state index contributed by atoms with van der Waals surface area (Å²) in [7, 11) is 0. The van der Waals surface area contributed by atoms with Crippen molar-refractivity contribution in [2.75, 3.05) is 6.54 Å². The number of hydrogen-bond acceptors (Lipinski definition) is 3. The molecule has 0 saturated carbocycles. The van der Waals surface area contributed by atoms with Gasteiger partial charge in [0.25, 0.3) is 0 Å². The second-order valence-electron chi connectivity index (χ2n) is 6.66. The van der Waals surface area contributed by atoms with Gasteiger partial charge in [-0.2, -0.15) is 5.10 Å². The number of benzene rings is 1. The zero-order valence-corrected chi connectivity index (χ0v) is 14.4. The molecule has 1 fully saturated rings. The molecule has 0 radical (unpaired) electrons. The summed E-state index contributed by atoms with van der Waals surface area (Å²) in [5.74, 6) is -0.708. The zero-order valence-electron chi connectivity index (χ0n) is 14.4. The molecule has 24 heavy (non-hydrogen) atoms. The van der Waals surface area contributed by atoms with Crippen LogP contribution in [0.5, 0.6) is 0 Å². The lowest BCUT2D eigenvalue weighted by atomic mass is 10.1. The third kappa shape index (κ3) is 3.67. The van der Waals surface area contributed by atoms with Gasteiger partial charge in [0.15, 0.2) is 0 Å². The van der Waals surface area contributed by atoms with E-state index in [0.717, 1.165) is 38.2 Å². The van der Waals surface area contributed by atoms with E-state index in [1.165, 1.54) is 16.8 Å². The second kappa shape index (κ2) is 7.18. The molecule has 0 amide bonds. The number of aromatic nitrogens is 2. The Hall–Kier alpha value is -2.14. The van der Waals surface area contributed by atoms with Gasteiger partial charge in [-0.05, 0) is 38.8 Å². The van der Waals surface area contributed by atoms with Crippen molar-refractivity contribution in [1.82, 2.24) is 14.7 Å². The lowest BCUT2D eigenvalue weighted by Gasteiger charge is -2.23. The first-order valence-corrected chi connectivity index (χ1v) is 8.57. The number of likely N-dealkylation sites (tertiary alicyclic amines) is 1. The highest BCUT2D eigenvalue weighted by atomic mass is 16.4. The van der Waals surface area contributed by atoms with Crippen LogP contribution in [-0.4, -0.2) is 38.3 Å². The smallest absolute Gasteiger partial charge is 0.304 e. The molecule has 1 aromatic heterocycles. The molecule has 2 heterocycles. The van der Waals surface area contributed by atoms with Gasteiger partial charge in [0.05, 0.1) is 18.7 Å². The van der Waals surface area contributed by atoms with E-state index in [0.29, 0.717) is 0 Å². The van der Waals surface area contributed by atoms with Crippen LogP contribution in [0.2, 0.25) is 0 Å². The van der Waals surface area contributed by atoms with Crippen molar-refractivity contribution in [1.29, 1.82) is 0 Å². The maximum atomic E-state index is 11.1.